The highest BCUT2D eigenvalue weighted by atomic mass is 32.1. The third kappa shape index (κ3) is 3.01. The van der Waals surface area contributed by atoms with Crippen LogP contribution in [0.3, 0.4) is 0 Å². The van der Waals surface area contributed by atoms with Crippen molar-refractivity contribution in [2.45, 2.75) is 25.8 Å². The monoisotopic (exact) mass is 275 g/mol. The van der Waals surface area contributed by atoms with E-state index in [1.165, 1.54) is 5.69 Å². The van der Waals surface area contributed by atoms with Crippen molar-refractivity contribution in [2.24, 2.45) is 0 Å². The number of aromatic nitrogens is 3. The summed E-state index contributed by atoms with van der Waals surface area (Å²) in [5.41, 5.74) is 1.26. The molecule has 19 heavy (non-hydrogen) atoms. The van der Waals surface area contributed by atoms with Gasteiger partial charge in [0, 0.05) is 37.2 Å². The predicted molar refractivity (Wildman–Crippen MR) is 77.7 cm³/mol. The maximum absolute atomic E-state index is 4.12. The fourth-order valence-corrected chi connectivity index (χ4v) is 3.04. The van der Waals surface area contributed by atoms with E-state index in [0.29, 0.717) is 6.04 Å². The van der Waals surface area contributed by atoms with E-state index < -0.39 is 0 Å². The Hall–Kier alpha value is -1.69. The third-order valence-corrected chi connectivity index (χ3v) is 4.15. The van der Waals surface area contributed by atoms with E-state index >= 15 is 0 Å². The van der Waals surface area contributed by atoms with Crippen molar-refractivity contribution in [1.29, 1.82) is 0 Å². The highest BCUT2D eigenvalue weighted by Crippen LogP contribution is 2.22. The molecule has 0 bridgehead atoms. The highest BCUT2D eigenvalue weighted by molar-refractivity contribution is 7.15. The maximum Gasteiger partial charge on any atom is 0.205 e. The van der Waals surface area contributed by atoms with Crippen LogP contribution in [0.4, 0.5) is 10.8 Å². The average Bonchev–Trinajstić information content (AvgIpc) is 2.86. The standard InChI is InChI=1S/C13H17N5S/c1-10-16-17-13(19-10)15-11-4-8-18(9-5-11)12-2-6-14-7-3-12/h2-3,6-7,11H,4-5,8-9H2,1H3,(H,15,17). The number of aryl methyl sites for hydroxylation is 1. The van der Waals surface area contributed by atoms with Crippen molar-refractivity contribution in [1.82, 2.24) is 15.2 Å². The van der Waals surface area contributed by atoms with E-state index in [0.717, 1.165) is 36.1 Å². The molecule has 0 saturated carbocycles. The van der Waals surface area contributed by atoms with Crippen LogP contribution in [0.2, 0.25) is 0 Å². The molecular weight excluding hydrogens is 258 g/mol. The number of hydrogen-bond donors (Lipinski definition) is 1. The van der Waals surface area contributed by atoms with E-state index in [1.54, 1.807) is 11.3 Å². The zero-order valence-electron chi connectivity index (χ0n) is 10.9. The van der Waals surface area contributed by atoms with Crippen LogP contribution in [0, 0.1) is 6.92 Å². The molecule has 3 heterocycles. The lowest BCUT2D eigenvalue weighted by molar-refractivity contribution is 0.526. The van der Waals surface area contributed by atoms with Crippen molar-refractivity contribution >= 4 is 22.2 Å². The van der Waals surface area contributed by atoms with Gasteiger partial charge in [-0.3, -0.25) is 4.98 Å². The molecule has 0 aromatic carbocycles. The fourth-order valence-electron chi connectivity index (χ4n) is 2.37. The number of piperidine rings is 1. The molecule has 2 aromatic rings. The minimum atomic E-state index is 0.505. The molecule has 1 aliphatic heterocycles. The van der Waals surface area contributed by atoms with Gasteiger partial charge in [-0.15, -0.1) is 10.2 Å². The Morgan fingerprint density at radius 3 is 2.58 bits per heavy atom. The summed E-state index contributed by atoms with van der Waals surface area (Å²) in [6.07, 6.45) is 5.95. The first-order valence-electron chi connectivity index (χ1n) is 6.53. The number of nitrogens with one attached hydrogen (secondary N) is 1. The molecule has 1 saturated heterocycles. The second-order valence-corrected chi connectivity index (χ2v) is 5.92. The van der Waals surface area contributed by atoms with Crippen LogP contribution in [0.25, 0.3) is 0 Å². The van der Waals surface area contributed by atoms with Crippen LogP contribution in [0.15, 0.2) is 24.5 Å². The van der Waals surface area contributed by atoms with Gasteiger partial charge in [0.1, 0.15) is 5.01 Å². The normalized spacial score (nSPS) is 16.6. The van der Waals surface area contributed by atoms with Gasteiger partial charge in [-0.1, -0.05) is 11.3 Å². The summed E-state index contributed by atoms with van der Waals surface area (Å²) in [4.78, 5) is 6.47. The molecule has 100 valence electrons. The molecule has 1 aliphatic rings. The Kier molecular flexibility index (Phi) is 3.59. The largest absolute Gasteiger partial charge is 0.371 e. The molecule has 6 heteroatoms. The number of hydrogen-bond acceptors (Lipinski definition) is 6. The van der Waals surface area contributed by atoms with Gasteiger partial charge in [-0.05, 0) is 31.9 Å². The zero-order valence-corrected chi connectivity index (χ0v) is 11.7. The van der Waals surface area contributed by atoms with Crippen LogP contribution < -0.4 is 10.2 Å². The maximum atomic E-state index is 4.12. The summed E-state index contributed by atoms with van der Waals surface area (Å²) in [7, 11) is 0. The van der Waals surface area contributed by atoms with Crippen LogP contribution >= 0.6 is 11.3 Å². The molecule has 0 spiro atoms. The molecule has 0 atom stereocenters. The van der Waals surface area contributed by atoms with Crippen LogP contribution in [-0.4, -0.2) is 34.3 Å². The van der Waals surface area contributed by atoms with E-state index in [2.05, 4.69) is 37.5 Å². The Labute approximate surface area is 116 Å². The topological polar surface area (TPSA) is 53.9 Å². The van der Waals surface area contributed by atoms with Gasteiger partial charge >= 0.3 is 0 Å². The predicted octanol–water partition coefficient (Wildman–Crippen LogP) is 2.32. The molecule has 0 unspecified atom stereocenters. The fraction of sp³-hybridized carbons (Fsp3) is 0.462. The number of pyridine rings is 1. The Morgan fingerprint density at radius 1 is 1.21 bits per heavy atom. The molecule has 0 radical (unpaired) electrons. The summed E-state index contributed by atoms with van der Waals surface area (Å²) in [6, 6.07) is 4.65. The van der Waals surface area contributed by atoms with Gasteiger partial charge in [0.25, 0.3) is 0 Å². The molecular formula is C13H17N5S. The van der Waals surface area contributed by atoms with Crippen molar-refractivity contribution in [3.8, 4) is 0 Å². The van der Waals surface area contributed by atoms with Gasteiger partial charge in [0.05, 0.1) is 0 Å². The summed E-state index contributed by atoms with van der Waals surface area (Å²) in [5, 5.41) is 13.6. The lowest BCUT2D eigenvalue weighted by atomic mass is 10.0. The van der Waals surface area contributed by atoms with Crippen molar-refractivity contribution in [3.63, 3.8) is 0 Å². The van der Waals surface area contributed by atoms with Gasteiger partial charge in [-0.2, -0.15) is 0 Å². The molecule has 0 aliphatic carbocycles. The van der Waals surface area contributed by atoms with Gasteiger partial charge in [0.15, 0.2) is 0 Å². The van der Waals surface area contributed by atoms with Crippen LogP contribution in [0.5, 0.6) is 0 Å². The SMILES string of the molecule is Cc1nnc(NC2CCN(c3ccncc3)CC2)s1. The van der Waals surface area contributed by atoms with E-state index in [1.807, 2.05) is 19.3 Å². The average molecular weight is 275 g/mol. The summed E-state index contributed by atoms with van der Waals surface area (Å²) < 4.78 is 0. The minimum Gasteiger partial charge on any atom is -0.371 e. The van der Waals surface area contributed by atoms with Gasteiger partial charge in [-0.25, -0.2) is 0 Å². The van der Waals surface area contributed by atoms with Crippen molar-refractivity contribution < 1.29 is 0 Å². The lowest BCUT2D eigenvalue weighted by Crippen LogP contribution is -2.39. The van der Waals surface area contributed by atoms with Crippen LogP contribution in [0.1, 0.15) is 17.8 Å². The second kappa shape index (κ2) is 5.52. The van der Waals surface area contributed by atoms with Crippen LogP contribution in [-0.2, 0) is 0 Å². The molecule has 5 nitrogen and oxygen atoms in total. The second-order valence-electron chi connectivity index (χ2n) is 4.74. The molecule has 0 amide bonds. The van der Waals surface area contributed by atoms with Gasteiger partial charge in [0.2, 0.25) is 5.13 Å². The summed E-state index contributed by atoms with van der Waals surface area (Å²) in [6.45, 7) is 4.12. The first-order valence-corrected chi connectivity index (χ1v) is 7.34. The Morgan fingerprint density at radius 2 is 1.95 bits per heavy atom. The Bertz CT molecular complexity index is 519. The van der Waals surface area contributed by atoms with Crippen molar-refractivity contribution in [2.75, 3.05) is 23.3 Å². The molecule has 1 N–H and O–H groups in total. The van der Waals surface area contributed by atoms with Crippen molar-refractivity contribution in [3.05, 3.63) is 29.5 Å². The van der Waals surface area contributed by atoms with E-state index in [-0.39, 0.29) is 0 Å². The summed E-state index contributed by atoms with van der Waals surface area (Å²) >= 11 is 1.62. The first-order chi connectivity index (χ1) is 9.31. The first kappa shape index (κ1) is 12.3. The summed E-state index contributed by atoms with van der Waals surface area (Å²) in [5.74, 6) is 0. The Balaban J connectivity index is 1.55. The smallest absolute Gasteiger partial charge is 0.205 e. The molecule has 2 aromatic heterocycles. The lowest BCUT2D eigenvalue weighted by Gasteiger charge is -2.33. The van der Waals surface area contributed by atoms with E-state index in [9.17, 15) is 0 Å². The zero-order chi connectivity index (χ0) is 13.1. The van der Waals surface area contributed by atoms with Gasteiger partial charge < -0.3 is 10.2 Å². The van der Waals surface area contributed by atoms with E-state index in [4.69, 9.17) is 0 Å². The quantitative estimate of drug-likeness (QED) is 0.931. The number of nitrogens with zero attached hydrogens (tertiary/aromatic N) is 4. The number of anilines is 2. The third-order valence-electron chi connectivity index (χ3n) is 3.38. The molecule has 1 fully saturated rings. The minimum absolute atomic E-state index is 0.505. The highest BCUT2D eigenvalue weighted by Gasteiger charge is 2.20. The number of rotatable bonds is 3. The molecule has 3 rings (SSSR count).